The molecule has 4 rings (SSSR count). The lowest BCUT2D eigenvalue weighted by atomic mass is 9.89. The van der Waals surface area contributed by atoms with Crippen LogP contribution in [0.1, 0.15) is 46.4 Å². The van der Waals surface area contributed by atoms with E-state index >= 15 is 0 Å². The quantitative estimate of drug-likeness (QED) is 0.653. The highest BCUT2D eigenvalue weighted by molar-refractivity contribution is 7.98. The highest BCUT2D eigenvalue weighted by Gasteiger charge is 2.23. The van der Waals surface area contributed by atoms with Crippen LogP contribution in [0, 0.1) is 31.1 Å². The number of fused-ring (bicyclic) bond motifs is 3. The summed E-state index contributed by atoms with van der Waals surface area (Å²) in [6.45, 7) is 6.18. The molecule has 1 unspecified atom stereocenters. The number of rotatable bonds is 3. The molecular formula is C20H21N5S2. The largest absolute Gasteiger partial charge is 0.383 e. The SMILES string of the molecule is Cc1cc(C)c(C#N)c(SCc2nc(N)c3c4c(sc3n2)CC(C)CC4)n1. The second-order valence-electron chi connectivity index (χ2n) is 7.22. The Bertz CT molecular complexity index is 1080. The lowest BCUT2D eigenvalue weighted by Crippen LogP contribution is -2.09. The molecule has 138 valence electrons. The van der Waals surface area contributed by atoms with Crippen molar-refractivity contribution in [2.24, 2.45) is 5.92 Å². The molecule has 3 heterocycles. The van der Waals surface area contributed by atoms with Gasteiger partial charge in [-0.15, -0.1) is 11.3 Å². The fourth-order valence-corrected chi connectivity index (χ4v) is 6.02. The van der Waals surface area contributed by atoms with Gasteiger partial charge in [0.2, 0.25) is 0 Å². The molecule has 0 fully saturated rings. The molecule has 0 aromatic carbocycles. The number of thioether (sulfide) groups is 1. The van der Waals surface area contributed by atoms with Crippen LogP contribution in [0.2, 0.25) is 0 Å². The Balaban J connectivity index is 1.65. The van der Waals surface area contributed by atoms with Crippen molar-refractivity contribution >= 4 is 39.1 Å². The summed E-state index contributed by atoms with van der Waals surface area (Å²) < 4.78 is 0. The molecule has 3 aromatic rings. The van der Waals surface area contributed by atoms with E-state index in [1.165, 1.54) is 28.6 Å². The summed E-state index contributed by atoms with van der Waals surface area (Å²) >= 11 is 3.25. The van der Waals surface area contributed by atoms with Crippen LogP contribution in [0.15, 0.2) is 11.1 Å². The summed E-state index contributed by atoms with van der Waals surface area (Å²) in [5.41, 5.74) is 10.1. The van der Waals surface area contributed by atoms with E-state index in [-0.39, 0.29) is 0 Å². The Morgan fingerprint density at radius 2 is 2.15 bits per heavy atom. The van der Waals surface area contributed by atoms with E-state index < -0.39 is 0 Å². The molecule has 1 aliphatic rings. The Hall–Kier alpha value is -2.17. The van der Waals surface area contributed by atoms with Gasteiger partial charge in [0.15, 0.2) is 0 Å². The monoisotopic (exact) mass is 395 g/mol. The number of nitrogens with zero attached hydrogens (tertiary/aromatic N) is 4. The fourth-order valence-electron chi connectivity index (χ4n) is 3.66. The molecule has 0 saturated carbocycles. The highest BCUT2D eigenvalue weighted by Crippen LogP contribution is 2.39. The van der Waals surface area contributed by atoms with E-state index in [4.69, 9.17) is 10.7 Å². The van der Waals surface area contributed by atoms with Crippen LogP contribution in [0.25, 0.3) is 10.2 Å². The average Bonchev–Trinajstić information content (AvgIpc) is 2.97. The zero-order valence-corrected chi connectivity index (χ0v) is 17.3. The summed E-state index contributed by atoms with van der Waals surface area (Å²) in [6, 6.07) is 4.19. The Kier molecular flexibility index (Phi) is 4.79. The molecule has 7 heteroatoms. The molecule has 1 aliphatic carbocycles. The van der Waals surface area contributed by atoms with Crippen molar-refractivity contribution in [3.05, 3.63) is 39.2 Å². The highest BCUT2D eigenvalue weighted by atomic mass is 32.2. The number of aromatic nitrogens is 3. The lowest BCUT2D eigenvalue weighted by molar-refractivity contribution is 0.509. The van der Waals surface area contributed by atoms with Gasteiger partial charge in [0.05, 0.1) is 16.7 Å². The molecule has 0 radical (unpaired) electrons. The minimum Gasteiger partial charge on any atom is -0.383 e. The van der Waals surface area contributed by atoms with Crippen LogP contribution in [-0.4, -0.2) is 15.0 Å². The van der Waals surface area contributed by atoms with Crippen molar-refractivity contribution in [1.82, 2.24) is 15.0 Å². The predicted octanol–water partition coefficient (Wildman–Crippen LogP) is 4.57. The number of nitriles is 1. The van der Waals surface area contributed by atoms with Crippen LogP contribution < -0.4 is 5.73 Å². The van der Waals surface area contributed by atoms with Crippen LogP contribution >= 0.6 is 23.1 Å². The maximum Gasteiger partial charge on any atom is 0.142 e. The van der Waals surface area contributed by atoms with Gasteiger partial charge >= 0.3 is 0 Å². The number of anilines is 1. The average molecular weight is 396 g/mol. The number of aryl methyl sites for hydroxylation is 3. The molecule has 2 N–H and O–H groups in total. The fraction of sp³-hybridized carbons (Fsp3) is 0.400. The van der Waals surface area contributed by atoms with E-state index in [1.54, 1.807) is 11.3 Å². The number of thiophene rings is 1. The Labute approximate surface area is 167 Å². The first kappa shape index (κ1) is 18.2. The molecule has 0 spiro atoms. The first-order valence-corrected chi connectivity index (χ1v) is 10.8. The van der Waals surface area contributed by atoms with Gasteiger partial charge in [-0.05, 0) is 56.2 Å². The van der Waals surface area contributed by atoms with Crippen LogP contribution in [-0.2, 0) is 18.6 Å². The molecule has 3 aromatic heterocycles. The van der Waals surface area contributed by atoms with E-state index in [2.05, 4.69) is 23.0 Å². The first-order valence-electron chi connectivity index (χ1n) is 9.04. The van der Waals surface area contributed by atoms with Crippen LogP contribution in [0.4, 0.5) is 5.82 Å². The number of pyridine rings is 1. The first-order chi connectivity index (χ1) is 13.0. The topological polar surface area (TPSA) is 88.5 Å². The van der Waals surface area contributed by atoms with Gasteiger partial charge in [-0.25, -0.2) is 15.0 Å². The standard InChI is InChI=1S/C20H21N5S2/c1-10-4-5-13-15(6-10)27-20-17(13)18(22)24-16(25-20)9-26-19-14(8-21)11(2)7-12(3)23-19/h7,10H,4-6,9H2,1-3H3,(H2,22,24,25). The number of nitrogen functional groups attached to an aromatic ring is 1. The summed E-state index contributed by atoms with van der Waals surface area (Å²) in [6.07, 6.45) is 3.37. The van der Waals surface area contributed by atoms with E-state index in [0.717, 1.165) is 45.3 Å². The van der Waals surface area contributed by atoms with Gasteiger partial charge in [-0.1, -0.05) is 18.7 Å². The lowest BCUT2D eigenvalue weighted by Gasteiger charge is -2.17. The molecule has 1 atom stereocenters. The minimum atomic E-state index is 0.545. The zero-order valence-electron chi connectivity index (χ0n) is 15.7. The number of nitrogens with two attached hydrogens (primary N) is 1. The van der Waals surface area contributed by atoms with Crippen molar-refractivity contribution < 1.29 is 0 Å². The second-order valence-corrected chi connectivity index (χ2v) is 9.27. The number of hydrogen-bond donors (Lipinski definition) is 1. The molecule has 5 nitrogen and oxygen atoms in total. The minimum absolute atomic E-state index is 0.545. The normalized spacial score (nSPS) is 16.3. The van der Waals surface area contributed by atoms with Gasteiger partial charge in [0.1, 0.15) is 27.6 Å². The maximum atomic E-state index is 9.43. The smallest absolute Gasteiger partial charge is 0.142 e. The third-order valence-corrected chi connectivity index (χ3v) is 7.11. The Morgan fingerprint density at radius 3 is 2.93 bits per heavy atom. The zero-order chi connectivity index (χ0) is 19.1. The van der Waals surface area contributed by atoms with Crippen molar-refractivity contribution in [3.8, 4) is 6.07 Å². The predicted molar refractivity (Wildman–Crippen MR) is 111 cm³/mol. The van der Waals surface area contributed by atoms with Gasteiger partial charge in [0, 0.05) is 10.6 Å². The van der Waals surface area contributed by atoms with E-state index in [1.807, 2.05) is 19.9 Å². The van der Waals surface area contributed by atoms with Crippen molar-refractivity contribution in [2.45, 2.75) is 50.8 Å². The maximum absolute atomic E-state index is 9.43. The Morgan fingerprint density at radius 1 is 1.33 bits per heavy atom. The third kappa shape index (κ3) is 3.40. The molecule has 0 amide bonds. The molecule has 0 bridgehead atoms. The van der Waals surface area contributed by atoms with Crippen LogP contribution in [0.3, 0.4) is 0 Å². The molecule has 27 heavy (non-hydrogen) atoms. The molecule has 0 saturated heterocycles. The van der Waals surface area contributed by atoms with E-state index in [9.17, 15) is 5.26 Å². The molecular weight excluding hydrogens is 374 g/mol. The summed E-state index contributed by atoms with van der Waals surface area (Å²) in [5.74, 6) is 2.54. The van der Waals surface area contributed by atoms with Crippen molar-refractivity contribution in [3.63, 3.8) is 0 Å². The second kappa shape index (κ2) is 7.10. The van der Waals surface area contributed by atoms with Crippen molar-refractivity contribution in [1.29, 1.82) is 5.26 Å². The van der Waals surface area contributed by atoms with E-state index in [0.29, 0.717) is 23.0 Å². The summed E-state index contributed by atoms with van der Waals surface area (Å²) in [4.78, 5) is 16.3. The van der Waals surface area contributed by atoms with Crippen LogP contribution in [0.5, 0.6) is 0 Å². The molecule has 0 aliphatic heterocycles. The van der Waals surface area contributed by atoms with Gasteiger partial charge in [0.25, 0.3) is 0 Å². The third-order valence-electron chi connectivity index (χ3n) is 4.99. The summed E-state index contributed by atoms with van der Waals surface area (Å²) in [5, 5.41) is 11.2. The number of hydrogen-bond acceptors (Lipinski definition) is 7. The van der Waals surface area contributed by atoms with Gasteiger partial charge < -0.3 is 5.73 Å². The van der Waals surface area contributed by atoms with Gasteiger partial charge in [-0.3, -0.25) is 0 Å². The van der Waals surface area contributed by atoms with Gasteiger partial charge in [-0.2, -0.15) is 5.26 Å². The summed E-state index contributed by atoms with van der Waals surface area (Å²) in [7, 11) is 0. The van der Waals surface area contributed by atoms with Crippen molar-refractivity contribution in [2.75, 3.05) is 5.73 Å².